The Hall–Kier alpha value is -1.16. The molecule has 0 fully saturated rings. The van der Waals surface area contributed by atoms with Crippen LogP contribution in [-0.2, 0) is 20.8 Å². The van der Waals surface area contributed by atoms with Gasteiger partial charge in [0.05, 0.1) is 18.5 Å². The van der Waals surface area contributed by atoms with E-state index in [9.17, 15) is 29.4 Å². The minimum absolute atomic E-state index is 0. The summed E-state index contributed by atoms with van der Waals surface area (Å²) >= 11 is 0. The average Bonchev–Trinajstić information content (AvgIpc) is 2.51. The van der Waals surface area contributed by atoms with Gasteiger partial charge < -0.3 is 30.9 Å². The first-order chi connectivity index (χ1) is 11.6. The number of nitrogens with two attached hydrogens (primary N) is 1. The van der Waals surface area contributed by atoms with Gasteiger partial charge in [0.25, 0.3) is 5.91 Å². The maximum Gasteiger partial charge on any atom is 1.00 e. The monoisotopic (exact) mass is 392 g/mol. The van der Waals surface area contributed by atoms with Crippen LogP contribution in [0.15, 0.2) is 35.4 Å². The number of carboxylic acids is 2. The molecule has 0 aromatic heterocycles. The molecule has 10 heteroatoms. The van der Waals surface area contributed by atoms with Crippen molar-refractivity contribution in [3.05, 3.63) is 46.5 Å². The van der Waals surface area contributed by atoms with Crippen molar-refractivity contribution in [2.75, 3.05) is 6.54 Å². The van der Waals surface area contributed by atoms with Crippen LogP contribution in [0.25, 0.3) is 0 Å². The third-order valence-electron chi connectivity index (χ3n) is 3.39. The number of rotatable bonds is 8. The summed E-state index contributed by atoms with van der Waals surface area (Å²) in [7, 11) is 0. The predicted octanol–water partition coefficient (Wildman–Crippen LogP) is -8.10. The summed E-state index contributed by atoms with van der Waals surface area (Å²) in [5.41, 5.74) is 4.95. The zero-order valence-electron chi connectivity index (χ0n) is 15.8. The Morgan fingerprint density at radius 3 is 1.89 bits per heavy atom. The summed E-state index contributed by atoms with van der Waals surface area (Å²) in [5, 5.41) is 24.8. The number of hydrogen-bond acceptors (Lipinski definition) is 6. The first-order valence-corrected chi connectivity index (χ1v) is 7.44. The van der Waals surface area contributed by atoms with Crippen LogP contribution >= 0.6 is 0 Å². The van der Waals surface area contributed by atoms with E-state index in [0.717, 1.165) is 0 Å². The van der Waals surface area contributed by atoms with Crippen molar-refractivity contribution in [2.45, 2.75) is 20.3 Å². The van der Waals surface area contributed by atoms with E-state index < -0.39 is 29.7 Å². The van der Waals surface area contributed by atoms with Gasteiger partial charge in [-0.15, -0.1) is 0 Å². The Bertz CT molecular complexity index is 729. The molecule has 0 spiro atoms. The number of carboxylic acid groups (broad SMARTS) is 2. The molecule has 134 valence electrons. The molecule has 1 aromatic rings. The van der Waals surface area contributed by atoms with Gasteiger partial charge in [0.15, 0.2) is 0 Å². The number of amides is 2. The normalized spacial score (nSPS) is 10.8. The minimum Gasteiger partial charge on any atom is -0.545 e. The molecule has 0 atom stereocenters. The molecule has 2 amide bonds. The van der Waals surface area contributed by atoms with E-state index in [-0.39, 0.29) is 88.8 Å². The summed E-state index contributed by atoms with van der Waals surface area (Å²) < 4.78 is 0. The molecule has 0 aliphatic heterocycles. The molecule has 0 radical (unpaired) electrons. The van der Waals surface area contributed by atoms with Gasteiger partial charge in [0, 0.05) is 5.56 Å². The van der Waals surface area contributed by atoms with Gasteiger partial charge in [0.1, 0.15) is 0 Å². The van der Waals surface area contributed by atoms with E-state index in [4.69, 9.17) is 5.73 Å². The standard InChI is InChI=1S/C17H20N2O6.2Na/c1-9(2)14(17(24)25)12(16(22)23)7-10-3-5-11(6-4-10)15(21)19-8-13(18)20;;/h3-6,9H,7-8H2,1-2H3,(H2,18,20)(H,19,21)(H,22,23)(H,24,25);;/q;2*+1/p-2/b14-12-;;. The van der Waals surface area contributed by atoms with Crippen molar-refractivity contribution < 1.29 is 88.5 Å². The second kappa shape index (κ2) is 13.1. The van der Waals surface area contributed by atoms with Gasteiger partial charge in [0.2, 0.25) is 5.91 Å². The topological polar surface area (TPSA) is 152 Å². The summed E-state index contributed by atoms with van der Waals surface area (Å²) in [6, 6.07) is 5.81. The van der Waals surface area contributed by atoms with Crippen molar-refractivity contribution in [3.63, 3.8) is 0 Å². The van der Waals surface area contributed by atoms with Gasteiger partial charge in [-0.3, -0.25) is 9.59 Å². The average molecular weight is 392 g/mol. The molecule has 0 unspecified atom stereocenters. The maximum absolute atomic E-state index is 11.8. The van der Waals surface area contributed by atoms with Crippen LogP contribution < -0.4 is 80.4 Å². The van der Waals surface area contributed by atoms with Gasteiger partial charge in [-0.2, -0.15) is 0 Å². The fourth-order valence-corrected chi connectivity index (χ4v) is 2.23. The van der Waals surface area contributed by atoms with Crippen LogP contribution in [0.2, 0.25) is 0 Å². The molecule has 0 aliphatic carbocycles. The Morgan fingerprint density at radius 1 is 1.00 bits per heavy atom. The van der Waals surface area contributed by atoms with Crippen molar-refractivity contribution >= 4 is 23.8 Å². The summed E-state index contributed by atoms with van der Waals surface area (Å²) in [4.78, 5) is 44.9. The van der Waals surface area contributed by atoms with E-state index in [1.165, 1.54) is 24.3 Å². The van der Waals surface area contributed by atoms with E-state index in [2.05, 4.69) is 5.32 Å². The van der Waals surface area contributed by atoms with E-state index in [1.807, 2.05) is 0 Å². The van der Waals surface area contributed by atoms with Crippen LogP contribution in [0.3, 0.4) is 0 Å². The number of carbonyl (C=O) groups excluding carboxylic acids is 4. The zero-order valence-corrected chi connectivity index (χ0v) is 19.8. The van der Waals surface area contributed by atoms with Crippen LogP contribution in [0.5, 0.6) is 0 Å². The largest absolute Gasteiger partial charge is 1.00 e. The van der Waals surface area contributed by atoms with Gasteiger partial charge in [-0.25, -0.2) is 0 Å². The molecular weight excluding hydrogens is 374 g/mol. The molecular formula is C17H18N2Na2O6. The molecule has 0 heterocycles. The second-order valence-corrected chi connectivity index (χ2v) is 5.64. The van der Waals surface area contributed by atoms with E-state index >= 15 is 0 Å². The molecule has 3 N–H and O–H groups in total. The third kappa shape index (κ3) is 9.05. The molecule has 1 aromatic carbocycles. The van der Waals surface area contributed by atoms with Crippen LogP contribution in [-0.4, -0.2) is 30.3 Å². The van der Waals surface area contributed by atoms with Crippen molar-refractivity contribution in [2.24, 2.45) is 11.7 Å². The van der Waals surface area contributed by atoms with Gasteiger partial charge in [-0.1, -0.05) is 26.0 Å². The number of aliphatic carboxylic acids is 2. The quantitative estimate of drug-likeness (QED) is 0.331. The fraction of sp³-hybridized carbons (Fsp3) is 0.294. The van der Waals surface area contributed by atoms with Crippen molar-refractivity contribution in [1.82, 2.24) is 5.32 Å². The molecule has 0 saturated heterocycles. The fourth-order valence-electron chi connectivity index (χ4n) is 2.23. The minimum atomic E-state index is -1.59. The molecule has 0 saturated carbocycles. The van der Waals surface area contributed by atoms with Crippen LogP contribution in [0.4, 0.5) is 0 Å². The number of carbonyl (C=O) groups is 4. The molecule has 0 bridgehead atoms. The number of benzene rings is 1. The van der Waals surface area contributed by atoms with Gasteiger partial charge >= 0.3 is 59.1 Å². The summed E-state index contributed by atoms with van der Waals surface area (Å²) in [5.74, 6) is -4.90. The SMILES string of the molecule is CC(C)/C(C(=O)[O-])=C(\Cc1ccc(C(=O)NCC(N)=O)cc1)C(=O)[O-].[Na+].[Na+]. The first kappa shape index (κ1) is 28.1. The van der Waals surface area contributed by atoms with Gasteiger partial charge in [-0.05, 0) is 41.2 Å². The first-order valence-electron chi connectivity index (χ1n) is 7.44. The zero-order chi connectivity index (χ0) is 19.1. The maximum atomic E-state index is 11.8. The molecule has 8 nitrogen and oxygen atoms in total. The van der Waals surface area contributed by atoms with Crippen LogP contribution in [0.1, 0.15) is 29.8 Å². The third-order valence-corrected chi connectivity index (χ3v) is 3.39. The number of nitrogens with one attached hydrogen (secondary N) is 1. The summed E-state index contributed by atoms with van der Waals surface area (Å²) in [6.07, 6.45) is -0.187. The Kier molecular flexibility index (Phi) is 13.6. The van der Waals surface area contributed by atoms with Crippen LogP contribution in [0, 0.1) is 5.92 Å². The van der Waals surface area contributed by atoms with Crippen molar-refractivity contribution in [3.8, 4) is 0 Å². The Morgan fingerprint density at radius 2 is 1.52 bits per heavy atom. The second-order valence-electron chi connectivity index (χ2n) is 5.64. The molecule has 1 rings (SSSR count). The van der Waals surface area contributed by atoms with Crippen molar-refractivity contribution in [1.29, 1.82) is 0 Å². The van der Waals surface area contributed by atoms with E-state index in [0.29, 0.717) is 5.56 Å². The molecule has 27 heavy (non-hydrogen) atoms. The predicted molar refractivity (Wildman–Crippen MR) is 83.6 cm³/mol. The smallest absolute Gasteiger partial charge is 0.545 e. The number of primary amides is 1. The molecule has 0 aliphatic rings. The van der Waals surface area contributed by atoms with E-state index in [1.54, 1.807) is 13.8 Å². The Labute approximate surface area is 201 Å². The Balaban J connectivity index is 0. The number of hydrogen-bond donors (Lipinski definition) is 2. The summed E-state index contributed by atoms with van der Waals surface area (Å²) in [6.45, 7) is 2.78.